The Morgan fingerprint density at radius 3 is 1.88 bits per heavy atom. The Morgan fingerprint density at radius 2 is 1.44 bits per heavy atom. The van der Waals surface area contributed by atoms with Crippen LogP contribution in [-0.2, 0) is 14.4 Å². The molecular weight excluding hydrogens is 232 g/mol. The summed E-state index contributed by atoms with van der Waals surface area (Å²) in [6.07, 6.45) is 0.731. The summed E-state index contributed by atoms with van der Waals surface area (Å²) in [6, 6.07) is 0. The summed E-state index contributed by atoms with van der Waals surface area (Å²) < 4.78 is 0. The van der Waals surface area contributed by atoms with Gasteiger partial charge in [0.25, 0.3) is 0 Å². The zero-order valence-electron chi connectivity index (χ0n) is 9.35. The Balaban J connectivity index is 3.40. The van der Waals surface area contributed by atoms with Crippen molar-refractivity contribution in [2.24, 2.45) is 0 Å². The number of hydrogen-bond donors (Lipinski definition) is 2. The third-order valence-electron chi connectivity index (χ3n) is 1.80. The van der Waals surface area contributed by atoms with E-state index in [1.807, 2.05) is 0 Å². The molecule has 0 fully saturated rings. The van der Waals surface area contributed by atoms with E-state index in [1.54, 1.807) is 0 Å². The van der Waals surface area contributed by atoms with Crippen LogP contribution in [0.15, 0.2) is 0 Å². The van der Waals surface area contributed by atoms with Crippen molar-refractivity contribution in [3.8, 4) is 0 Å². The molecule has 0 unspecified atom stereocenters. The molecular formula is C10H17ClN2O3. The summed E-state index contributed by atoms with van der Waals surface area (Å²) in [5.41, 5.74) is 0. The smallest absolute Gasteiger partial charge is 0.221 e. The fourth-order valence-corrected chi connectivity index (χ4v) is 1.13. The second-order valence-corrected chi connectivity index (χ2v) is 3.72. The quantitative estimate of drug-likeness (QED) is 0.477. The molecule has 2 N–H and O–H groups in total. The number of ketones is 1. The van der Waals surface area contributed by atoms with Crippen LogP contribution in [0.3, 0.4) is 0 Å². The van der Waals surface area contributed by atoms with Crippen molar-refractivity contribution in [2.75, 3.05) is 19.0 Å². The molecule has 0 atom stereocenters. The first-order valence-electron chi connectivity index (χ1n) is 5.15. The molecule has 0 aliphatic heterocycles. The van der Waals surface area contributed by atoms with Crippen molar-refractivity contribution in [3.63, 3.8) is 0 Å². The van der Waals surface area contributed by atoms with Crippen LogP contribution >= 0.6 is 11.6 Å². The topological polar surface area (TPSA) is 75.3 Å². The van der Waals surface area contributed by atoms with E-state index in [4.69, 9.17) is 11.6 Å². The lowest BCUT2D eigenvalue weighted by atomic mass is 10.2. The number of halogens is 1. The van der Waals surface area contributed by atoms with Gasteiger partial charge in [0.05, 0.1) is 0 Å². The highest BCUT2D eigenvalue weighted by Crippen LogP contribution is 1.89. The van der Waals surface area contributed by atoms with Gasteiger partial charge < -0.3 is 15.4 Å². The van der Waals surface area contributed by atoms with Crippen molar-refractivity contribution >= 4 is 29.2 Å². The molecule has 0 spiro atoms. The molecule has 92 valence electrons. The van der Waals surface area contributed by atoms with Gasteiger partial charge in [-0.15, -0.1) is 11.6 Å². The molecule has 0 bridgehead atoms. The van der Waals surface area contributed by atoms with Crippen LogP contribution in [0.1, 0.15) is 26.2 Å². The molecule has 0 aromatic heterocycles. The van der Waals surface area contributed by atoms with E-state index < -0.39 is 0 Å². The lowest BCUT2D eigenvalue weighted by Gasteiger charge is -2.05. The van der Waals surface area contributed by atoms with Crippen LogP contribution in [-0.4, -0.2) is 36.6 Å². The first kappa shape index (κ1) is 14.9. The van der Waals surface area contributed by atoms with Gasteiger partial charge in [-0.05, 0) is 6.92 Å². The van der Waals surface area contributed by atoms with Gasteiger partial charge in [0, 0.05) is 38.2 Å². The minimum atomic E-state index is -0.179. The first-order chi connectivity index (χ1) is 7.56. The van der Waals surface area contributed by atoms with Gasteiger partial charge in [-0.3, -0.25) is 9.59 Å². The van der Waals surface area contributed by atoms with Crippen LogP contribution in [0.4, 0.5) is 0 Å². The SMILES string of the molecule is CC(=O)CCC(=O)NCCNC(=O)CCCl. The Labute approximate surface area is 99.9 Å². The third kappa shape index (κ3) is 9.45. The summed E-state index contributed by atoms with van der Waals surface area (Å²) >= 11 is 5.37. The van der Waals surface area contributed by atoms with E-state index in [1.165, 1.54) is 6.92 Å². The molecule has 0 saturated heterocycles. The molecule has 0 aromatic rings. The normalized spacial score (nSPS) is 9.62. The average molecular weight is 249 g/mol. The molecule has 0 aliphatic rings. The van der Waals surface area contributed by atoms with Crippen LogP contribution in [0.2, 0.25) is 0 Å². The lowest BCUT2D eigenvalue weighted by molar-refractivity contribution is -0.124. The molecule has 16 heavy (non-hydrogen) atoms. The molecule has 0 saturated carbocycles. The van der Waals surface area contributed by atoms with Crippen LogP contribution in [0.25, 0.3) is 0 Å². The van der Waals surface area contributed by atoms with Crippen molar-refractivity contribution < 1.29 is 14.4 Å². The second-order valence-electron chi connectivity index (χ2n) is 3.34. The van der Waals surface area contributed by atoms with Gasteiger partial charge >= 0.3 is 0 Å². The van der Waals surface area contributed by atoms with Crippen molar-refractivity contribution in [2.45, 2.75) is 26.2 Å². The molecule has 5 nitrogen and oxygen atoms in total. The number of carbonyl (C=O) groups excluding carboxylic acids is 3. The third-order valence-corrected chi connectivity index (χ3v) is 1.98. The van der Waals surface area contributed by atoms with E-state index in [0.29, 0.717) is 13.1 Å². The highest BCUT2D eigenvalue weighted by Gasteiger charge is 2.03. The molecule has 0 heterocycles. The molecule has 0 aromatic carbocycles. The summed E-state index contributed by atoms with van der Waals surface area (Å²) in [7, 11) is 0. The van der Waals surface area contributed by atoms with E-state index in [2.05, 4.69) is 10.6 Å². The van der Waals surface area contributed by atoms with Crippen LogP contribution in [0.5, 0.6) is 0 Å². The maximum atomic E-state index is 11.1. The van der Waals surface area contributed by atoms with E-state index >= 15 is 0 Å². The molecule has 6 heteroatoms. The van der Waals surface area contributed by atoms with Gasteiger partial charge in [0.2, 0.25) is 11.8 Å². The van der Waals surface area contributed by atoms with Crippen LogP contribution in [0, 0.1) is 0 Å². The zero-order valence-corrected chi connectivity index (χ0v) is 10.1. The fourth-order valence-electron chi connectivity index (χ4n) is 0.956. The number of carbonyl (C=O) groups is 3. The fraction of sp³-hybridized carbons (Fsp3) is 0.700. The van der Waals surface area contributed by atoms with Crippen molar-refractivity contribution in [3.05, 3.63) is 0 Å². The minimum Gasteiger partial charge on any atom is -0.354 e. The van der Waals surface area contributed by atoms with Crippen LogP contribution < -0.4 is 10.6 Å². The maximum Gasteiger partial charge on any atom is 0.221 e. The van der Waals surface area contributed by atoms with Gasteiger partial charge in [-0.1, -0.05) is 0 Å². The maximum absolute atomic E-state index is 11.1. The Bertz CT molecular complexity index is 256. The Hall–Kier alpha value is -1.10. The van der Waals surface area contributed by atoms with Gasteiger partial charge in [0.15, 0.2) is 0 Å². The van der Waals surface area contributed by atoms with Gasteiger partial charge in [0.1, 0.15) is 5.78 Å². The molecule has 2 amide bonds. The van der Waals surface area contributed by atoms with Crippen molar-refractivity contribution in [1.29, 1.82) is 0 Å². The first-order valence-corrected chi connectivity index (χ1v) is 5.68. The molecule has 0 rings (SSSR count). The number of alkyl halides is 1. The Morgan fingerprint density at radius 1 is 0.938 bits per heavy atom. The number of amides is 2. The molecule has 0 radical (unpaired) electrons. The number of rotatable bonds is 8. The predicted octanol–water partition coefficient (Wildman–Crippen LogP) is 0.217. The second kappa shape index (κ2) is 9.15. The summed E-state index contributed by atoms with van der Waals surface area (Å²) in [6.45, 7) is 2.19. The van der Waals surface area contributed by atoms with E-state index in [9.17, 15) is 14.4 Å². The summed E-state index contributed by atoms with van der Waals surface area (Å²) in [5.74, 6) is -0.0306. The summed E-state index contributed by atoms with van der Waals surface area (Å²) in [5, 5.41) is 5.20. The standard InChI is InChI=1S/C10H17ClN2O3/c1-8(14)2-3-9(15)12-6-7-13-10(16)4-5-11/h2-7H2,1H3,(H,12,15)(H,13,16). The summed E-state index contributed by atoms with van der Waals surface area (Å²) in [4.78, 5) is 32.7. The monoisotopic (exact) mass is 248 g/mol. The number of Topliss-reactive ketones (excluding diaryl/α,β-unsaturated/α-hetero) is 1. The largest absolute Gasteiger partial charge is 0.354 e. The van der Waals surface area contributed by atoms with E-state index in [-0.39, 0.29) is 42.7 Å². The highest BCUT2D eigenvalue weighted by atomic mass is 35.5. The van der Waals surface area contributed by atoms with Gasteiger partial charge in [-0.2, -0.15) is 0 Å². The minimum absolute atomic E-state index is 0.00874. The van der Waals surface area contributed by atoms with E-state index in [0.717, 1.165) is 0 Å². The van der Waals surface area contributed by atoms with Crippen molar-refractivity contribution in [1.82, 2.24) is 10.6 Å². The number of nitrogens with one attached hydrogen (secondary N) is 2. The highest BCUT2D eigenvalue weighted by molar-refractivity contribution is 6.18. The molecule has 0 aliphatic carbocycles. The lowest BCUT2D eigenvalue weighted by Crippen LogP contribution is -2.34. The average Bonchev–Trinajstić information content (AvgIpc) is 2.22. The predicted molar refractivity (Wildman–Crippen MR) is 61.3 cm³/mol. The zero-order chi connectivity index (χ0) is 12.4. The Kier molecular flexibility index (Phi) is 8.52. The number of hydrogen-bond acceptors (Lipinski definition) is 3. The van der Waals surface area contributed by atoms with Gasteiger partial charge in [-0.25, -0.2) is 0 Å².